The van der Waals surface area contributed by atoms with E-state index in [1.807, 2.05) is 13.0 Å². The summed E-state index contributed by atoms with van der Waals surface area (Å²) in [4.78, 5) is 11.6. The SMILES string of the molecule is CCOC(=O)C(CCOc1ccc2c(c1)CCC2)NC. The van der Waals surface area contributed by atoms with Crippen LogP contribution in [0.15, 0.2) is 18.2 Å². The topological polar surface area (TPSA) is 47.6 Å². The lowest BCUT2D eigenvalue weighted by Crippen LogP contribution is -2.36. The summed E-state index contributed by atoms with van der Waals surface area (Å²) >= 11 is 0. The largest absolute Gasteiger partial charge is 0.494 e. The molecule has 1 N–H and O–H groups in total. The Morgan fingerprint density at radius 3 is 2.90 bits per heavy atom. The lowest BCUT2D eigenvalue weighted by molar-refractivity contribution is -0.145. The monoisotopic (exact) mass is 277 g/mol. The molecular formula is C16H23NO3. The number of fused-ring (bicyclic) bond motifs is 1. The third kappa shape index (κ3) is 3.73. The maximum atomic E-state index is 11.6. The number of carbonyl (C=O) groups excluding carboxylic acids is 1. The molecule has 1 aliphatic carbocycles. The average Bonchev–Trinajstić information content (AvgIpc) is 2.91. The van der Waals surface area contributed by atoms with E-state index in [4.69, 9.17) is 9.47 Å². The quantitative estimate of drug-likeness (QED) is 0.775. The van der Waals surface area contributed by atoms with Gasteiger partial charge >= 0.3 is 5.97 Å². The van der Waals surface area contributed by atoms with Crippen LogP contribution in [0.2, 0.25) is 0 Å². The number of nitrogens with one attached hydrogen (secondary N) is 1. The van der Waals surface area contributed by atoms with Crippen molar-refractivity contribution in [1.82, 2.24) is 5.32 Å². The second kappa shape index (κ2) is 7.29. The van der Waals surface area contributed by atoms with E-state index >= 15 is 0 Å². The van der Waals surface area contributed by atoms with E-state index in [1.165, 1.54) is 24.0 Å². The summed E-state index contributed by atoms with van der Waals surface area (Å²) in [5, 5.41) is 2.96. The van der Waals surface area contributed by atoms with Gasteiger partial charge in [-0.15, -0.1) is 0 Å². The number of ether oxygens (including phenoxy) is 2. The van der Waals surface area contributed by atoms with Gasteiger partial charge in [-0.05, 0) is 56.5 Å². The molecule has 0 fully saturated rings. The molecule has 110 valence electrons. The first kappa shape index (κ1) is 14.9. The molecule has 0 saturated heterocycles. The molecule has 1 aliphatic rings. The van der Waals surface area contributed by atoms with Crippen LogP contribution in [0.4, 0.5) is 0 Å². The number of hydrogen-bond acceptors (Lipinski definition) is 4. The van der Waals surface area contributed by atoms with E-state index in [9.17, 15) is 4.79 Å². The van der Waals surface area contributed by atoms with Gasteiger partial charge in [-0.3, -0.25) is 4.79 Å². The summed E-state index contributed by atoms with van der Waals surface area (Å²) < 4.78 is 10.7. The van der Waals surface area contributed by atoms with Gasteiger partial charge in [0.25, 0.3) is 0 Å². The van der Waals surface area contributed by atoms with Crippen molar-refractivity contribution in [2.45, 2.75) is 38.6 Å². The number of aryl methyl sites for hydroxylation is 2. The molecule has 1 aromatic carbocycles. The summed E-state index contributed by atoms with van der Waals surface area (Å²) in [5.74, 6) is 0.678. The number of likely N-dealkylation sites (N-methyl/N-ethyl adjacent to an activating group) is 1. The molecule has 0 amide bonds. The van der Waals surface area contributed by atoms with E-state index in [0.29, 0.717) is 19.6 Å². The maximum absolute atomic E-state index is 11.6. The smallest absolute Gasteiger partial charge is 0.323 e. The number of rotatable bonds is 7. The van der Waals surface area contributed by atoms with Gasteiger partial charge in [0.05, 0.1) is 13.2 Å². The van der Waals surface area contributed by atoms with E-state index in [0.717, 1.165) is 12.2 Å². The third-order valence-electron chi connectivity index (χ3n) is 3.66. The minimum atomic E-state index is -0.302. The standard InChI is InChI=1S/C16H23NO3/c1-3-19-16(18)15(17-2)9-10-20-14-8-7-12-5-4-6-13(12)11-14/h7-8,11,15,17H,3-6,9-10H2,1-2H3. The number of benzene rings is 1. The van der Waals surface area contributed by atoms with Crippen LogP contribution in [0.1, 0.15) is 30.9 Å². The van der Waals surface area contributed by atoms with Gasteiger partial charge in [-0.1, -0.05) is 6.07 Å². The zero-order chi connectivity index (χ0) is 14.4. The maximum Gasteiger partial charge on any atom is 0.323 e. The van der Waals surface area contributed by atoms with Crippen LogP contribution in [-0.4, -0.2) is 32.3 Å². The van der Waals surface area contributed by atoms with Crippen LogP contribution in [0.3, 0.4) is 0 Å². The minimum Gasteiger partial charge on any atom is -0.494 e. The molecule has 1 unspecified atom stereocenters. The molecule has 0 heterocycles. The first-order chi connectivity index (χ1) is 9.74. The van der Waals surface area contributed by atoms with E-state index in [1.54, 1.807) is 7.05 Å². The second-order valence-electron chi connectivity index (χ2n) is 5.01. The number of esters is 1. The first-order valence-electron chi connectivity index (χ1n) is 7.33. The molecule has 4 heteroatoms. The Balaban J connectivity index is 1.81. The normalized spacial score (nSPS) is 14.7. The van der Waals surface area contributed by atoms with Gasteiger partial charge in [0, 0.05) is 6.42 Å². The zero-order valence-electron chi connectivity index (χ0n) is 12.3. The highest BCUT2D eigenvalue weighted by Crippen LogP contribution is 2.26. The van der Waals surface area contributed by atoms with Crippen molar-refractivity contribution in [1.29, 1.82) is 0 Å². The van der Waals surface area contributed by atoms with Crippen molar-refractivity contribution in [2.24, 2.45) is 0 Å². The summed E-state index contributed by atoms with van der Waals surface area (Å²) in [6, 6.07) is 5.99. The summed E-state index contributed by atoms with van der Waals surface area (Å²) in [7, 11) is 1.76. The van der Waals surface area contributed by atoms with E-state index < -0.39 is 0 Å². The third-order valence-corrected chi connectivity index (χ3v) is 3.66. The van der Waals surface area contributed by atoms with Gasteiger partial charge in [0.1, 0.15) is 11.8 Å². The molecule has 0 aromatic heterocycles. The molecule has 0 radical (unpaired) electrons. The minimum absolute atomic E-state index is 0.215. The van der Waals surface area contributed by atoms with Crippen molar-refractivity contribution in [3.8, 4) is 5.75 Å². The van der Waals surface area contributed by atoms with Crippen LogP contribution in [0.5, 0.6) is 5.75 Å². The van der Waals surface area contributed by atoms with Crippen molar-refractivity contribution >= 4 is 5.97 Å². The molecular weight excluding hydrogens is 254 g/mol. The Labute approximate surface area is 120 Å². The summed E-state index contributed by atoms with van der Waals surface area (Å²) in [6.45, 7) is 2.72. The Hall–Kier alpha value is -1.55. The fourth-order valence-corrected chi connectivity index (χ4v) is 2.56. The van der Waals surface area contributed by atoms with Crippen molar-refractivity contribution in [3.05, 3.63) is 29.3 Å². The molecule has 0 spiro atoms. The summed E-state index contributed by atoms with van der Waals surface area (Å²) in [5.41, 5.74) is 2.84. The summed E-state index contributed by atoms with van der Waals surface area (Å²) in [6.07, 6.45) is 4.17. The lowest BCUT2D eigenvalue weighted by Gasteiger charge is -2.15. The van der Waals surface area contributed by atoms with E-state index in [-0.39, 0.29) is 12.0 Å². The molecule has 0 saturated carbocycles. The van der Waals surface area contributed by atoms with Crippen LogP contribution >= 0.6 is 0 Å². The fraction of sp³-hybridized carbons (Fsp3) is 0.562. The predicted octanol–water partition coefficient (Wildman–Crippen LogP) is 2.10. The van der Waals surface area contributed by atoms with Crippen LogP contribution in [0, 0.1) is 0 Å². The van der Waals surface area contributed by atoms with Crippen LogP contribution < -0.4 is 10.1 Å². The van der Waals surface area contributed by atoms with Gasteiger partial charge in [0.2, 0.25) is 0 Å². The van der Waals surface area contributed by atoms with Crippen LogP contribution in [-0.2, 0) is 22.4 Å². The molecule has 4 nitrogen and oxygen atoms in total. The first-order valence-corrected chi connectivity index (χ1v) is 7.33. The molecule has 1 atom stereocenters. The fourth-order valence-electron chi connectivity index (χ4n) is 2.56. The van der Waals surface area contributed by atoms with Crippen molar-refractivity contribution in [2.75, 3.05) is 20.3 Å². The Bertz CT molecular complexity index is 459. The van der Waals surface area contributed by atoms with Gasteiger partial charge in [0.15, 0.2) is 0 Å². The molecule has 0 aliphatic heterocycles. The molecule has 1 aromatic rings. The number of carbonyl (C=O) groups is 1. The van der Waals surface area contributed by atoms with Crippen molar-refractivity contribution in [3.63, 3.8) is 0 Å². The molecule has 2 rings (SSSR count). The predicted molar refractivity (Wildman–Crippen MR) is 78.1 cm³/mol. The van der Waals surface area contributed by atoms with E-state index in [2.05, 4.69) is 17.4 Å². The van der Waals surface area contributed by atoms with Gasteiger partial charge in [-0.2, -0.15) is 0 Å². The molecule has 20 heavy (non-hydrogen) atoms. The van der Waals surface area contributed by atoms with Crippen molar-refractivity contribution < 1.29 is 14.3 Å². The van der Waals surface area contributed by atoms with Gasteiger partial charge < -0.3 is 14.8 Å². The number of hydrogen-bond donors (Lipinski definition) is 1. The average molecular weight is 277 g/mol. The highest BCUT2D eigenvalue weighted by atomic mass is 16.5. The Kier molecular flexibility index (Phi) is 5.41. The van der Waals surface area contributed by atoms with Crippen LogP contribution in [0.25, 0.3) is 0 Å². The zero-order valence-corrected chi connectivity index (χ0v) is 12.3. The lowest BCUT2D eigenvalue weighted by atomic mass is 10.1. The second-order valence-corrected chi connectivity index (χ2v) is 5.01. The highest BCUT2D eigenvalue weighted by molar-refractivity contribution is 5.75. The Morgan fingerprint density at radius 1 is 1.35 bits per heavy atom. The van der Waals surface area contributed by atoms with Gasteiger partial charge in [-0.25, -0.2) is 0 Å². The molecule has 0 bridgehead atoms. The Morgan fingerprint density at radius 2 is 2.15 bits per heavy atom. The highest BCUT2D eigenvalue weighted by Gasteiger charge is 2.17.